The van der Waals surface area contributed by atoms with Crippen LogP contribution in [0.3, 0.4) is 0 Å². The van der Waals surface area contributed by atoms with Gasteiger partial charge in [0, 0.05) is 6.04 Å². The number of carboxylic acids is 1. The van der Waals surface area contributed by atoms with E-state index < -0.39 is 17.9 Å². The molecule has 0 aromatic heterocycles. The standard InChI is InChI=1S/C9H14N2O3S/c1-6(9(13)14)7(2)11-8(12)5-15-4-3-10/h6-7H,4-5H2,1-2H3,(H,11,12)(H,13,14). The Bertz CT molecular complexity index is 275. The quantitative estimate of drug-likeness (QED) is 0.647. The van der Waals surface area contributed by atoms with Crippen LogP contribution in [0.2, 0.25) is 0 Å². The number of amides is 1. The number of thioether (sulfide) groups is 1. The molecule has 0 bridgehead atoms. The maximum absolute atomic E-state index is 11.2. The molecule has 6 heteroatoms. The van der Waals surface area contributed by atoms with Crippen molar-refractivity contribution in [3.63, 3.8) is 0 Å². The van der Waals surface area contributed by atoms with Crippen LogP contribution in [0.25, 0.3) is 0 Å². The average Bonchev–Trinajstić information content (AvgIpc) is 2.16. The van der Waals surface area contributed by atoms with Crippen LogP contribution in [0.4, 0.5) is 0 Å². The summed E-state index contributed by atoms with van der Waals surface area (Å²) in [6.07, 6.45) is 0. The fraction of sp³-hybridized carbons (Fsp3) is 0.667. The molecular weight excluding hydrogens is 216 g/mol. The van der Waals surface area contributed by atoms with Gasteiger partial charge in [0.05, 0.1) is 23.5 Å². The predicted molar refractivity (Wildman–Crippen MR) is 57.3 cm³/mol. The highest BCUT2D eigenvalue weighted by atomic mass is 32.2. The molecule has 0 aromatic carbocycles. The molecule has 0 heterocycles. The molecule has 0 fully saturated rings. The molecule has 2 atom stereocenters. The first-order valence-electron chi connectivity index (χ1n) is 4.46. The Morgan fingerprint density at radius 1 is 1.53 bits per heavy atom. The number of nitrogens with zero attached hydrogens (tertiary/aromatic N) is 1. The Labute approximate surface area is 92.8 Å². The molecule has 5 nitrogen and oxygen atoms in total. The molecule has 15 heavy (non-hydrogen) atoms. The predicted octanol–water partition coefficient (Wildman–Crippen LogP) is 0.469. The number of carbonyl (C=O) groups excluding carboxylic acids is 1. The SMILES string of the molecule is CC(NC(=O)CSCC#N)C(C)C(=O)O. The lowest BCUT2D eigenvalue weighted by atomic mass is 10.0. The van der Waals surface area contributed by atoms with Gasteiger partial charge in [0.15, 0.2) is 0 Å². The molecule has 0 aliphatic heterocycles. The number of carboxylic acid groups (broad SMARTS) is 1. The maximum Gasteiger partial charge on any atom is 0.308 e. The van der Waals surface area contributed by atoms with Crippen molar-refractivity contribution in [2.75, 3.05) is 11.5 Å². The number of aliphatic carboxylic acids is 1. The molecular formula is C9H14N2O3S. The average molecular weight is 230 g/mol. The van der Waals surface area contributed by atoms with E-state index in [4.69, 9.17) is 10.4 Å². The van der Waals surface area contributed by atoms with Crippen molar-refractivity contribution in [3.8, 4) is 6.07 Å². The van der Waals surface area contributed by atoms with Gasteiger partial charge in [-0.05, 0) is 13.8 Å². The summed E-state index contributed by atoms with van der Waals surface area (Å²) in [4.78, 5) is 21.8. The Morgan fingerprint density at radius 3 is 2.60 bits per heavy atom. The van der Waals surface area contributed by atoms with Gasteiger partial charge in [-0.1, -0.05) is 0 Å². The number of hydrogen-bond acceptors (Lipinski definition) is 4. The first kappa shape index (κ1) is 13.8. The van der Waals surface area contributed by atoms with Crippen molar-refractivity contribution >= 4 is 23.6 Å². The second kappa shape index (κ2) is 7.12. The number of carbonyl (C=O) groups is 2. The third-order valence-corrected chi connectivity index (χ3v) is 2.73. The summed E-state index contributed by atoms with van der Waals surface area (Å²) in [6, 6.07) is 1.50. The zero-order valence-electron chi connectivity index (χ0n) is 8.69. The van der Waals surface area contributed by atoms with E-state index >= 15 is 0 Å². The molecule has 0 saturated carbocycles. The van der Waals surface area contributed by atoms with E-state index in [9.17, 15) is 9.59 Å². The lowest BCUT2D eigenvalue weighted by molar-refractivity contribution is -0.142. The van der Waals surface area contributed by atoms with Gasteiger partial charge in [-0.25, -0.2) is 0 Å². The molecule has 0 aliphatic carbocycles. The minimum atomic E-state index is -0.938. The molecule has 0 aromatic rings. The van der Waals surface area contributed by atoms with E-state index in [1.165, 1.54) is 18.7 Å². The Kier molecular flexibility index (Phi) is 6.54. The lowest BCUT2D eigenvalue weighted by Crippen LogP contribution is -2.40. The highest BCUT2D eigenvalue weighted by Crippen LogP contribution is 2.03. The number of nitriles is 1. The van der Waals surface area contributed by atoms with Crippen molar-refractivity contribution in [3.05, 3.63) is 0 Å². The van der Waals surface area contributed by atoms with Gasteiger partial charge in [-0.2, -0.15) is 5.26 Å². The first-order chi connectivity index (χ1) is 6.99. The highest BCUT2D eigenvalue weighted by Gasteiger charge is 2.20. The molecule has 2 N–H and O–H groups in total. The van der Waals surface area contributed by atoms with Crippen molar-refractivity contribution in [2.45, 2.75) is 19.9 Å². The van der Waals surface area contributed by atoms with Crippen molar-refractivity contribution in [1.82, 2.24) is 5.32 Å². The molecule has 0 spiro atoms. The van der Waals surface area contributed by atoms with Gasteiger partial charge in [0.1, 0.15) is 0 Å². The van der Waals surface area contributed by atoms with Crippen LogP contribution < -0.4 is 5.32 Å². The van der Waals surface area contributed by atoms with E-state index in [2.05, 4.69) is 5.32 Å². The monoisotopic (exact) mass is 230 g/mol. The van der Waals surface area contributed by atoms with Crippen LogP contribution in [0.1, 0.15) is 13.8 Å². The third-order valence-electron chi connectivity index (χ3n) is 1.93. The molecule has 1 amide bonds. The van der Waals surface area contributed by atoms with Crippen LogP contribution in [0.15, 0.2) is 0 Å². The van der Waals surface area contributed by atoms with Gasteiger partial charge in [0.25, 0.3) is 0 Å². The van der Waals surface area contributed by atoms with E-state index in [1.807, 2.05) is 6.07 Å². The van der Waals surface area contributed by atoms with E-state index in [0.717, 1.165) is 0 Å². The van der Waals surface area contributed by atoms with Crippen LogP contribution in [-0.2, 0) is 9.59 Å². The molecule has 0 aliphatic rings. The van der Waals surface area contributed by atoms with Crippen molar-refractivity contribution in [2.24, 2.45) is 5.92 Å². The normalized spacial score (nSPS) is 13.7. The third kappa shape index (κ3) is 5.96. The van der Waals surface area contributed by atoms with Gasteiger partial charge in [0.2, 0.25) is 5.91 Å². The summed E-state index contributed by atoms with van der Waals surface area (Å²) in [7, 11) is 0. The van der Waals surface area contributed by atoms with Crippen molar-refractivity contribution < 1.29 is 14.7 Å². The minimum absolute atomic E-state index is 0.185. The summed E-state index contributed by atoms with van der Waals surface area (Å²) < 4.78 is 0. The molecule has 0 saturated heterocycles. The molecule has 84 valence electrons. The van der Waals surface area contributed by atoms with E-state index in [-0.39, 0.29) is 17.4 Å². The second-order valence-electron chi connectivity index (χ2n) is 3.13. The van der Waals surface area contributed by atoms with Crippen LogP contribution in [0.5, 0.6) is 0 Å². The summed E-state index contributed by atoms with van der Waals surface area (Å²) >= 11 is 1.20. The topological polar surface area (TPSA) is 90.2 Å². The zero-order chi connectivity index (χ0) is 11.8. The minimum Gasteiger partial charge on any atom is -0.481 e. The summed E-state index contributed by atoms with van der Waals surface area (Å²) in [5.41, 5.74) is 0. The van der Waals surface area contributed by atoms with Gasteiger partial charge in [-0.15, -0.1) is 11.8 Å². The van der Waals surface area contributed by atoms with E-state index in [1.54, 1.807) is 6.92 Å². The number of hydrogen-bond donors (Lipinski definition) is 2. The van der Waals surface area contributed by atoms with Gasteiger partial charge in [-0.3, -0.25) is 9.59 Å². The summed E-state index contributed by atoms with van der Waals surface area (Å²) in [6.45, 7) is 3.18. The van der Waals surface area contributed by atoms with E-state index in [0.29, 0.717) is 0 Å². The molecule has 0 radical (unpaired) electrons. The Hall–Kier alpha value is -1.22. The van der Waals surface area contributed by atoms with Crippen LogP contribution >= 0.6 is 11.8 Å². The maximum atomic E-state index is 11.2. The fourth-order valence-corrected chi connectivity index (χ4v) is 1.29. The molecule has 2 unspecified atom stereocenters. The largest absolute Gasteiger partial charge is 0.481 e. The smallest absolute Gasteiger partial charge is 0.308 e. The van der Waals surface area contributed by atoms with Gasteiger partial charge < -0.3 is 10.4 Å². The number of rotatable bonds is 6. The summed E-state index contributed by atoms with van der Waals surface area (Å²) in [5.74, 6) is -1.35. The van der Waals surface area contributed by atoms with Crippen LogP contribution in [0, 0.1) is 17.2 Å². The van der Waals surface area contributed by atoms with Crippen LogP contribution in [-0.4, -0.2) is 34.5 Å². The second-order valence-corrected chi connectivity index (χ2v) is 4.12. The fourth-order valence-electron chi connectivity index (χ4n) is 0.824. The lowest BCUT2D eigenvalue weighted by Gasteiger charge is -2.17. The van der Waals surface area contributed by atoms with Gasteiger partial charge >= 0.3 is 5.97 Å². The highest BCUT2D eigenvalue weighted by molar-refractivity contribution is 8.00. The summed E-state index contributed by atoms with van der Waals surface area (Å²) in [5, 5.41) is 19.5. The zero-order valence-corrected chi connectivity index (χ0v) is 9.50. The Balaban J connectivity index is 3.86. The molecule has 0 rings (SSSR count). The Morgan fingerprint density at radius 2 is 2.13 bits per heavy atom. The van der Waals surface area contributed by atoms with Crippen molar-refractivity contribution in [1.29, 1.82) is 5.26 Å². The first-order valence-corrected chi connectivity index (χ1v) is 5.61. The number of nitrogens with one attached hydrogen (secondary N) is 1.